The number of ether oxygens (including phenoxy) is 4. The van der Waals surface area contributed by atoms with Gasteiger partial charge >= 0.3 is 12.0 Å². The van der Waals surface area contributed by atoms with E-state index in [9.17, 15) is 14.7 Å². The molecule has 0 bridgehead atoms. The lowest BCUT2D eigenvalue weighted by Gasteiger charge is -2.21. The number of aromatic nitrogens is 4. The Labute approximate surface area is 242 Å². The van der Waals surface area contributed by atoms with Gasteiger partial charge in [-0.15, -0.1) is 0 Å². The van der Waals surface area contributed by atoms with Crippen LogP contribution < -0.4 is 10.6 Å². The van der Waals surface area contributed by atoms with Crippen LogP contribution in [0.5, 0.6) is 0 Å². The highest BCUT2D eigenvalue weighted by molar-refractivity contribution is 5.96. The number of unbranched alkanes of at least 4 members (excludes halogenated alkanes) is 1. The minimum absolute atomic E-state index is 0.115. The Kier molecular flexibility index (Phi) is 8.60. The van der Waals surface area contributed by atoms with E-state index in [4.69, 9.17) is 18.9 Å². The lowest BCUT2D eigenvalue weighted by atomic mass is 10.1. The van der Waals surface area contributed by atoms with Crippen molar-refractivity contribution in [1.82, 2.24) is 24.8 Å². The van der Waals surface area contributed by atoms with Gasteiger partial charge in [0.05, 0.1) is 25.1 Å². The predicted octanol–water partition coefficient (Wildman–Crippen LogP) is 4.00. The van der Waals surface area contributed by atoms with Gasteiger partial charge in [-0.25, -0.2) is 24.5 Å². The molecule has 2 aromatic heterocycles. The molecule has 0 spiro atoms. The zero-order valence-corrected chi connectivity index (χ0v) is 23.5. The Morgan fingerprint density at radius 3 is 2.71 bits per heavy atom. The van der Waals surface area contributed by atoms with Gasteiger partial charge in [-0.1, -0.05) is 44.4 Å². The first-order valence-corrected chi connectivity index (χ1v) is 14.6. The molecule has 3 N–H and O–H groups in total. The van der Waals surface area contributed by atoms with Crippen molar-refractivity contribution in [2.24, 2.45) is 0 Å². The molecule has 13 heteroatoms. The van der Waals surface area contributed by atoms with E-state index in [1.165, 1.54) is 6.33 Å². The van der Waals surface area contributed by atoms with E-state index in [1.807, 2.05) is 0 Å². The standard InChI is InChI=1S/C29H36N6O7/c1-2-3-12-21-41-23-20(14-39-13-17-8-4-7-11-19(17)28(36)37)40-27(24(23)42-21)35-16-32-22-25(30-15-31-26(22)35)34-29(38)33-18-9-5-6-10-18/h4,7-8,11,15-16,18,20-21,23-24,27H,2-3,5-6,9-10,12-14H2,1H3,(H,36,37)(H2,30,31,33,34,38)/t20-,21+,23?,24+,27-/m1/s1. The summed E-state index contributed by atoms with van der Waals surface area (Å²) in [5.41, 5.74) is 1.70. The number of carbonyl (C=O) groups is 2. The minimum atomic E-state index is -1.00. The van der Waals surface area contributed by atoms with Crippen molar-refractivity contribution in [3.8, 4) is 0 Å². The van der Waals surface area contributed by atoms with E-state index in [0.29, 0.717) is 22.5 Å². The Balaban J connectivity index is 1.19. The first-order valence-electron chi connectivity index (χ1n) is 14.6. The monoisotopic (exact) mass is 580 g/mol. The Bertz CT molecular complexity index is 1410. The molecule has 1 aliphatic carbocycles. The van der Waals surface area contributed by atoms with Crippen LogP contribution in [0.3, 0.4) is 0 Å². The van der Waals surface area contributed by atoms with E-state index < -0.39 is 30.5 Å². The molecule has 1 aromatic carbocycles. The number of imidazole rings is 1. The molecule has 1 saturated carbocycles. The molecular weight excluding hydrogens is 544 g/mol. The molecule has 1 unspecified atom stereocenters. The second-order valence-corrected chi connectivity index (χ2v) is 10.9. The lowest BCUT2D eigenvalue weighted by Crippen LogP contribution is -2.36. The van der Waals surface area contributed by atoms with Gasteiger partial charge in [0, 0.05) is 6.04 Å². The number of amides is 2. The van der Waals surface area contributed by atoms with Gasteiger partial charge in [-0.3, -0.25) is 9.88 Å². The molecule has 4 heterocycles. The van der Waals surface area contributed by atoms with Crippen LogP contribution in [0.1, 0.15) is 74.0 Å². The van der Waals surface area contributed by atoms with Gasteiger partial charge in [0.15, 0.2) is 29.5 Å². The summed E-state index contributed by atoms with van der Waals surface area (Å²) >= 11 is 0. The molecular formula is C29H36N6O7. The van der Waals surface area contributed by atoms with Crippen LogP contribution in [0.4, 0.5) is 10.6 Å². The Morgan fingerprint density at radius 2 is 1.90 bits per heavy atom. The second-order valence-electron chi connectivity index (χ2n) is 10.9. The van der Waals surface area contributed by atoms with E-state index >= 15 is 0 Å². The molecule has 2 saturated heterocycles. The average molecular weight is 581 g/mol. The van der Waals surface area contributed by atoms with Crippen molar-refractivity contribution in [2.75, 3.05) is 11.9 Å². The lowest BCUT2D eigenvalue weighted by molar-refractivity contribution is -0.157. The highest BCUT2D eigenvalue weighted by Crippen LogP contribution is 2.41. The molecule has 6 rings (SSSR count). The maximum atomic E-state index is 12.6. The third-order valence-corrected chi connectivity index (χ3v) is 8.04. The van der Waals surface area contributed by atoms with Crippen LogP contribution in [0.2, 0.25) is 0 Å². The fraction of sp³-hybridized carbons (Fsp3) is 0.552. The smallest absolute Gasteiger partial charge is 0.336 e. The highest BCUT2D eigenvalue weighted by atomic mass is 16.8. The number of carbonyl (C=O) groups excluding carboxylic acids is 1. The fourth-order valence-corrected chi connectivity index (χ4v) is 5.93. The van der Waals surface area contributed by atoms with Gasteiger partial charge in [0.2, 0.25) is 0 Å². The number of fused-ring (bicyclic) bond motifs is 2. The van der Waals surface area contributed by atoms with Crippen molar-refractivity contribution in [1.29, 1.82) is 0 Å². The number of hydrogen-bond donors (Lipinski definition) is 3. The van der Waals surface area contributed by atoms with Crippen molar-refractivity contribution in [3.63, 3.8) is 0 Å². The number of carboxylic acids is 1. The fourth-order valence-electron chi connectivity index (χ4n) is 5.93. The molecule has 3 fully saturated rings. The van der Waals surface area contributed by atoms with Gasteiger partial charge in [0.1, 0.15) is 24.6 Å². The average Bonchev–Trinajstić information content (AvgIpc) is 3.78. The summed E-state index contributed by atoms with van der Waals surface area (Å²) in [6.45, 7) is 2.40. The van der Waals surface area contributed by atoms with Crippen LogP contribution in [-0.2, 0) is 25.6 Å². The summed E-state index contributed by atoms with van der Waals surface area (Å²) in [5.74, 6) is -0.693. The summed E-state index contributed by atoms with van der Waals surface area (Å²) < 4.78 is 26.8. The largest absolute Gasteiger partial charge is 0.478 e. The number of hydrogen-bond acceptors (Lipinski definition) is 9. The van der Waals surface area contributed by atoms with E-state index in [2.05, 4.69) is 32.5 Å². The minimum Gasteiger partial charge on any atom is -0.478 e. The number of nitrogens with one attached hydrogen (secondary N) is 2. The van der Waals surface area contributed by atoms with Crippen LogP contribution in [0.25, 0.3) is 11.2 Å². The van der Waals surface area contributed by atoms with Gasteiger partial charge in [-0.2, -0.15) is 0 Å². The number of rotatable bonds is 11. The number of anilines is 1. The molecule has 13 nitrogen and oxygen atoms in total. The Morgan fingerprint density at radius 1 is 1.10 bits per heavy atom. The van der Waals surface area contributed by atoms with Crippen LogP contribution in [0, 0.1) is 0 Å². The number of carboxylic acid groups (broad SMARTS) is 1. The van der Waals surface area contributed by atoms with Crippen molar-refractivity contribution >= 4 is 29.0 Å². The molecule has 42 heavy (non-hydrogen) atoms. The third kappa shape index (κ3) is 5.95. The summed E-state index contributed by atoms with van der Waals surface area (Å²) in [6, 6.07) is 6.60. The number of nitrogens with zero attached hydrogens (tertiary/aromatic N) is 4. The number of urea groups is 1. The normalized spacial score (nSPS) is 25.6. The molecule has 224 valence electrons. The third-order valence-electron chi connectivity index (χ3n) is 8.04. The van der Waals surface area contributed by atoms with Crippen LogP contribution in [-0.4, -0.2) is 73.9 Å². The van der Waals surface area contributed by atoms with E-state index in [1.54, 1.807) is 35.2 Å². The van der Waals surface area contributed by atoms with Crippen molar-refractivity contribution in [2.45, 2.75) is 95.3 Å². The zero-order chi connectivity index (χ0) is 29.1. The van der Waals surface area contributed by atoms with Crippen molar-refractivity contribution < 1.29 is 33.6 Å². The molecule has 2 aliphatic heterocycles. The van der Waals surface area contributed by atoms with Crippen molar-refractivity contribution in [3.05, 3.63) is 48.0 Å². The van der Waals surface area contributed by atoms with Gasteiger partial charge in [-0.05, 0) is 37.3 Å². The molecule has 0 radical (unpaired) electrons. The molecule has 5 atom stereocenters. The molecule has 3 aliphatic rings. The number of aromatic carboxylic acids is 1. The first kappa shape index (κ1) is 28.5. The topological polar surface area (TPSA) is 159 Å². The quantitative estimate of drug-likeness (QED) is 0.303. The molecule has 3 aromatic rings. The van der Waals surface area contributed by atoms with E-state index in [-0.39, 0.29) is 37.1 Å². The maximum absolute atomic E-state index is 12.6. The summed E-state index contributed by atoms with van der Waals surface area (Å²) in [6.07, 6.45) is 7.60. The summed E-state index contributed by atoms with van der Waals surface area (Å²) in [4.78, 5) is 37.4. The first-order chi connectivity index (χ1) is 20.5. The Hall–Kier alpha value is -3.65. The van der Waals surface area contributed by atoms with Gasteiger partial charge in [0.25, 0.3) is 0 Å². The van der Waals surface area contributed by atoms with Gasteiger partial charge < -0.3 is 29.4 Å². The SMILES string of the molecule is CCCC[C@H]1OC2[C@@H](COCc3ccccc3C(=O)O)O[C@@H](n3cnc4c(NC(=O)NC5CCCC5)ncnc43)[C@H]2O1. The summed E-state index contributed by atoms with van der Waals surface area (Å²) in [7, 11) is 0. The zero-order valence-electron chi connectivity index (χ0n) is 23.5. The molecule has 2 amide bonds. The highest BCUT2D eigenvalue weighted by Gasteiger charge is 2.53. The van der Waals surface area contributed by atoms with Crippen LogP contribution >= 0.6 is 0 Å². The number of benzene rings is 1. The van der Waals surface area contributed by atoms with E-state index in [0.717, 1.165) is 44.9 Å². The second kappa shape index (κ2) is 12.7. The summed E-state index contributed by atoms with van der Waals surface area (Å²) in [5, 5.41) is 15.3. The predicted molar refractivity (Wildman–Crippen MR) is 150 cm³/mol. The van der Waals surface area contributed by atoms with Crippen LogP contribution in [0.15, 0.2) is 36.9 Å². The maximum Gasteiger partial charge on any atom is 0.336 e.